The van der Waals surface area contributed by atoms with Gasteiger partial charge in [-0.25, -0.2) is 9.13 Å². The van der Waals surface area contributed by atoms with Crippen LogP contribution in [-0.2, 0) is 65.4 Å². The van der Waals surface area contributed by atoms with E-state index in [1.807, 2.05) is 0 Å². The van der Waals surface area contributed by atoms with Crippen LogP contribution in [0.25, 0.3) is 0 Å². The molecule has 0 fully saturated rings. The van der Waals surface area contributed by atoms with E-state index in [0.29, 0.717) is 25.7 Å². The van der Waals surface area contributed by atoms with Gasteiger partial charge < -0.3 is 33.8 Å². The van der Waals surface area contributed by atoms with E-state index < -0.39 is 97.5 Å². The van der Waals surface area contributed by atoms with Gasteiger partial charge in [-0.15, -0.1) is 0 Å². The lowest BCUT2D eigenvalue weighted by Gasteiger charge is -2.21. The summed E-state index contributed by atoms with van der Waals surface area (Å²) in [6.45, 7) is 7.25. The topological polar surface area (TPSA) is 237 Å². The van der Waals surface area contributed by atoms with E-state index >= 15 is 0 Å². The van der Waals surface area contributed by atoms with Crippen molar-refractivity contribution < 1.29 is 80.2 Å². The van der Waals surface area contributed by atoms with Gasteiger partial charge in [0, 0.05) is 25.7 Å². The molecule has 0 aliphatic carbocycles. The quantitative estimate of drug-likeness (QED) is 0.0222. The molecule has 0 rings (SSSR count). The zero-order valence-electron chi connectivity index (χ0n) is 63.9. The normalized spacial score (nSPS) is 14.2. The lowest BCUT2D eigenvalue weighted by molar-refractivity contribution is -0.161. The van der Waals surface area contributed by atoms with Crippen molar-refractivity contribution >= 4 is 39.5 Å². The summed E-state index contributed by atoms with van der Waals surface area (Å²) in [6, 6.07) is 0. The maximum absolute atomic E-state index is 13.1. The second-order valence-electron chi connectivity index (χ2n) is 28.7. The maximum Gasteiger partial charge on any atom is 0.472 e. The molecule has 17 nitrogen and oxygen atoms in total. The number of rotatable bonds is 79. The van der Waals surface area contributed by atoms with Crippen LogP contribution in [0.2, 0.25) is 0 Å². The molecule has 0 aromatic heterocycles. The smallest absolute Gasteiger partial charge is 0.462 e. The maximum atomic E-state index is 13.1. The van der Waals surface area contributed by atoms with Crippen molar-refractivity contribution in [3.8, 4) is 0 Å². The third-order valence-electron chi connectivity index (χ3n) is 18.9. The number of aliphatic hydroxyl groups excluding tert-OH is 1. The molecule has 3 unspecified atom stereocenters. The second kappa shape index (κ2) is 72.0. The second-order valence-corrected chi connectivity index (χ2v) is 31.6. The van der Waals surface area contributed by atoms with Crippen LogP contribution in [0, 0.1) is 5.92 Å². The van der Waals surface area contributed by atoms with Crippen molar-refractivity contribution in [3.05, 3.63) is 0 Å². The first-order chi connectivity index (χ1) is 47.6. The standard InChI is InChI=1S/C79H154O17P2/c1-6-10-13-16-19-22-25-27-29-31-32-33-34-35-36-38-40-42-45-48-54-59-64-78(83)95-74(68-89-77(82)63-58-53-47-44-41-39-37-30-28-26-23-20-17-14-11-7-2)70-93-97(85,86)91-66-73(80)67-92-98(87,88)94-71-75(96-79(84)65-60-55-50-49-51-56-61-72(5)9-4)69-90-76(81)62-57-52-46-43-24-21-18-15-12-8-3/h72-75,80H,6-71H2,1-5H3,(H,85,86)(H,87,88)/t72?,73-,74-,75-/m1/s1. The molecule has 582 valence electrons. The summed E-state index contributed by atoms with van der Waals surface area (Å²) >= 11 is 0. The van der Waals surface area contributed by atoms with Crippen LogP contribution in [0.15, 0.2) is 0 Å². The first-order valence-corrected chi connectivity index (χ1v) is 44.2. The van der Waals surface area contributed by atoms with Gasteiger partial charge in [0.2, 0.25) is 0 Å². The van der Waals surface area contributed by atoms with E-state index in [-0.39, 0.29) is 25.7 Å². The number of ether oxygens (including phenoxy) is 4. The molecule has 6 atom stereocenters. The number of carbonyl (C=O) groups is 4. The zero-order chi connectivity index (χ0) is 71.9. The molecule has 0 spiro atoms. The third kappa shape index (κ3) is 71.1. The highest BCUT2D eigenvalue weighted by atomic mass is 31.2. The third-order valence-corrected chi connectivity index (χ3v) is 20.8. The van der Waals surface area contributed by atoms with E-state index in [9.17, 15) is 43.2 Å². The SMILES string of the molecule is CCCCCCCCCCCCCCCCCCCCCCCCC(=O)O[C@H](COC(=O)CCCCCCCCCCCCCCCCCC)COP(=O)(O)OC[C@@H](O)COP(=O)(O)OC[C@@H](COC(=O)CCCCCCCCCCCC)OC(=O)CCCCCCCCC(C)CC. The van der Waals surface area contributed by atoms with E-state index in [1.54, 1.807) is 0 Å². The van der Waals surface area contributed by atoms with Crippen LogP contribution in [-0.4, -0.2) is 96.7 Å². The summed E-state index contributed by atoms with van der Waals surface area (Å²) in [5.41, 5.74) is 0. The molecule has 19 heteroatoms. The van der Waals surface area contributed by atoms with Gasteiger partial charge in [-0.2, -0.15) is 0 Å². The van der Waals surface area contributed by atoms with Crippen molar-refractivity contribution in [3.63, 3.8) is 0 Å². The Hall–Kier alpha value is -1.94. The zero-order valence-corrected chi connectivity index (χ0v) is 65.7. The van der Waals surface area contributed by atoms with Crippen LogP contribution in [0.4, 0.5) is 0 Å². The molecule has 3 N–H and O–H groups in total. The fraction of sp³-hybridized carbons (Fsp3) is 0.949. The Kier molecular flexibility index (Phi) is 70.6. The van der Waals surface area contributed by atoms with Gasteiger partial charge in [-0.1, -0.05) is 369 Å². The van der Waals surface area contributed by atoms with Gasteiger partial charge in [-0.05, 0) is 31.6 Å². The molecule has 0 saturated carbocycles. The molecular weight excluding hydrogens is 1280 g/mol. The molecule has 0 heterocycles. The minimum atomic E-state index is -4.96. The lowest BCUT2D eigenvalue weighted by Crippen LogP contribution is -2.30. The first-order valence-electron chi connectivity index (χ1n) is 41.2. The molecule has 0 amide bonds. The molecule has 0 radical (unpaired) electrons. The van der Waals surface area contributed by atoms with Crippen molar-refractivity contribution in [2.75, 3.05) is 39.6 Å². The monoisotopic (exact) mass is 1440 g/mol. The van der Waals surface area contributed by atoms with Gasteiger partial charge in [0.15, 0.2) is 12.2 Å². The lowest BCUT2D eigenvalue weighted by atomic mass is 10.00. The Labute approximate surface area is 600 Å². The van der Waals surface area contributed by atoms with E-state index in [1.165, 1.54) is 244 Å². The first kappa shape index (κ1) is 96.1. The molecule has 0 aromatic carbocycles. The number of hydrogen-bond donors (Lipinski definition) is 3. The predicted octanol–water partition coefficient (Wildman–Crippen LogP) is 23.6. The molecular formula is C79H154O17P2. The number of phosphoric ester groups is 2. The summed E-state index contributed by atoms with van der Waals surface area (Å²) in [4.78, 5) is 72.8. The Bertz CT molecular complexity index is 1880. The minimum absolute atomic E-state index is 0.104. The fourth-order valence-corrected chi connectivity index (χ4v) is 13.8. The van der Waals surface area contributed by atoms with E-state index in [0.717, 1.165) is 95.8 Å². The molecule has 0 bridgehead atoms. The Morgan fingerprint density at radius 1 is 0.286 bits per heavy atom. The number of phosphoric acid groups is 2. The Morgan fingerprint density at radius 3 is 0.724 bits per heavy atom. The molecule has 0 aromatic rings. The van der Waals surface area contributed by atoms with Crippen molar-refractivity contribution in [1.29, 1.82) is 0 Å². The molecule has 0 aliphatic heterocycles. The van der Waals surface area contributed by atoms with Crippen molar-refractivity contribution in [1.82, 2.24) is 0 Å². The fourth-order valence-electron chi connectivity index (χ4n) is 12.2. The largest absolute Gasteiger partial charge is 0.472 e. The number of hydrogen-bond acceptors (Lipinski definition) is 15. The van der Waals surface area contributed by atoms with Crippen LogP contribution in [0.3, 0.4) is 0 Å². The highest BCUT2D eigenvalue weighted by molar-refractivity contribution is 7.47. The Balaban J connectivity index is 5.18. The number of carbonyl (C=O) groups excluding carboxylic acids is 4. The molecule has 98 heavy (non-hydrogen) atoms. The average molecular weight is 1440 g/mol. The van der Waals surface area contributed by atoms with Crippen LogP contribution in [0.5, 0.6) is 0 Å². The summed E-state index contributed by atoms with van der Waals surface area (Å²) in [5.74, 6) is -1.39. The van der Waals surface area contributed by atoms with E-state index in [4.69, 9.17) is 37.0 Å². The number of unbranched alkanes of at least 4 members (excludes halogenated alkanes) is 50. The van der Waals surface area contributed by atoms with Gasteiger partial charge in [-0.3, -0.25) is 37.3 Å². The number of esters is 4. The predicted molar refractivity (Wildman–Crippen MR) is 400 cm³/mol. The van der Waals surface area contributed by atoms with Crippen LogP contribution in [0.1, 0.15) is 420 Å². The van der Waals surface area contributed by atoms with Gasteiger partial charge in [0.25, 0.3) is 0 Å². The summed E-state index contributed by atoms with van der Waals surface area (Å²) in [6.07, 6.45) is 62.6. The van der Waals surface area contributed by atoms with Crippen LogP contribution >= 0.6 is 15.6 Å². The van der Waals surface area contributed by atoms with Gasteiger partial charge >= 0.3 is 39.5 Å². The molecule has 0 saturated heterocycles. The molecule has 0 aliphatic rings. The minimum Gasteiger partial charge on any atom is -0.462 e. The van der Waals surface area contributed by atoms with Gasteiger partial charge in [0.1, 0.15) is 19.3 Å². The summed E-state index contributed by atoms with van der Waals surface area (Å²) in [7, 11) is -9.91. The van der Waals surface area contributed by atoms with E-state index in [2.05, 4.69) is 34.6 Å². The van der Waals surface area contributed by atoms with Crippen molar-refractivity contribution in [2.45, 2.75) is 438 Å². The van der Waals surface area contributed by atoms with Crippen molar-refractivity contribution in [2.24, 2.45) is 5.92 Å². The highest BCUT2D eigenvalue weighted by Gasteiger charge is 2.30. The number of aliphatic hydroxyl groups is 1. The Morgan fingerprint density at radius 2 is 0.490 bits per heavy atom. The summed E-state index contributed by atoms with van der Waals surface area (Å²) < 4.78 is 68.6. The van der Waals surface area contributed by atoms with Crippen LogP contribution < -0.4 is 0 Å². The highest BCUT2D eigenvalue weighted by Crippen LogP contribution is 2.45. The summed E-state index contributed by atoms with van der Waals surface area (Å²) in [5, 5.41) is 10.6. The van der Waals surface area contributed by atoms with Gasteiger partial charge in [0.05, 0.1) is 26.4 Å². The average Bonchev–Trinajstić information content (AvgIpc) is 1.43.